The van der Waals surface area contributed by atoms with Gasteiger partial charge < -0.3 is 9.80 Å². The number of carbonyl (C=O) groups is 2. The first-order valence-electron chi connectivity index (χ1n) is 10.00. The van der Waals surface area contributed by atoms with E-state index in [1.54, 1.807) is 4.90 Å². The standard InChI is InChI=1S/C21H32N4O2/c1-24(2)11-12-25(3)21(27)16-8-6-7-15(13-16)14-19-17-9-4-5-10-18(17)20(26)23-22-19/h6-8,13,17-19,22H,4-5,9-12,14H2,1-3H3,(H,23,26). The van der Waals surface area contributed by atoms with Gasteiger partial charge in [0, 0.05) is 37.7 Å². The van der Waals surface area contributed by atoms with Crippen LogP contribution in [0.4, 0.5) is 0 Å². The minimum Gasteiger partial charge on any atom is -0.340 e. The molecule has 148 valence electrons. The van der Waals surface area contributed by atoms with Crippen LogP contribution in [0.2, 0.25) is 0 Å². The van der Waals surface area contributed by atoms with Crippen LogP contribution in [0.5, 0.6) is 0 Å². The number of hydrogen-bond acceptors (Lipinski definition) is 4. The van der Waals surface area contributed by atoms with Gasteiger partial charge in [-0.2, -0.15) is 0 Å². The number of rotatable bonds is 6. The van der Waals surface area contributed by atoms with E-state index < -0.39 is 0 Å². The third kappa shape index (κ3) is 4.87. The van der Waals surface area contributed by atoms with Crippen molar-refractivity contribution in [1.82, 2.24) is 20.7 Å². The summed E-state index contributed by atoms with van der Waals surface area (Å²) in [5, 5.41) is 0. The zero-order chi connectivity index (χ0) is 19.4. The summed E-state index contributed by atoms with van der Waals surface area (Å²) >= 11 is 0. The first-order valence-corrected chi connectivity index (χ1v) is 10.00. The van der Waals surface area contributed by atoms with Gasteiger partial charge in [-0.05, 0) is 57.0 Å². The second kappa shape index (κ2) is 8.85. The van der Waals surface area contributed by atoms with Crippen molar-refractivity contribution >= 4 is 11.8 Å². The first-order chi connectivity index (χ1) is 13.0. The lowest BCUT2D eigenvalue weighted by Crippen LogP contribution is -2.60. The van der Waals surface area contributed by atoms with Crippen LogP contribution in [0.25, 0.3) is 0 Å². The largest absolute Gasteiger partial charge is 0.340 e. The molecule has 27 heavy (non-hydrogen) atoms. The third-order valence-corrected chi connectivity index (χ3v) is 5.91. The summed E-state index contributed by atoms with van der Waals surface area (Å²) in [5.41, 5.74) is 7.96. The monoisotopic (exact) mass is 372 g/mol. The molecule has 0 aromatic heterocycles. The summed E-state index contributed by atoms with van der Waals surface area (Å²) in [5.74, 6) is 0.711. The molecule has 0 spiro atoms. The van der Waals surface area contributed by atoms with E-state index in [1.807, 2.05) is 39.3 Å². The van der Waals surface area contributed by atoms with Crippen molar-refractivity contribution in [2.24, 2.45) is 11.8 Å². The molecule has 2 aliphatic rings. The van der Waals surface area contributed by atoms with Crippen LogP contribution in [0.1, 0.15) is 41.6 Å². The Labute approximate surface area is 162 Å². The zero-order valence-electron chi connectivity index (χ0n) is 16.7. The molecule has 0 radical (unpaired) electrons. The minimum atomic E-state index is 0.0548. The summed E-state index contributed by atoms with van der Waals surface area (Å²) in [6.07, 6.45) is 5.25. The highest BCUT2D eigenvalue weighted by Gasteiger charge is 2.39. The molecule has 3 atom stereocenters. The second-order valence-corrected chi connectivity index (χ2v) is 8.23. The van der Waals surface area contributed by atoms with E-state index in [0.29, 0.717) is 12.5 Å². The van der Waals surface area contributed by atoms with Gasteiger partial charge in [0.1, 0.15) is 0 Å². The van der Waals surface area contributed by atoms with Crippen molar-refractivity contribution < 1.29 is 9.59 Å². The zero-order valence-corrected chi connectivity index (χ0v) is 16.7. The Morgan fingerprint density at radius 1 is 1.15 bits per heavy atom. The summed E-state index contributed by atoms with van der Waals surface area (Å²) in [7, 11) is 5.87. The highest BCUT2D eigenvalue weighted by molar-refractivity contribution is 5.94. The van der Waals surface area contributed by atoms with Gasteiger partial charge >= 0.3 is 0 Å². The molecule has 1 aliphatic heterocycles. The molecule has 1 aromatic rings. The summed E-state index contributed by atoms with van der Waals surface area (Å²) in [6.45, 7) is 1.55. The fourth-order valence-corrected chi connectivity index (χ4v) is 4.29. The first kappa shape index (κ1) is 19.8. The highest BCUT2D eigenvalue weighted by atomic mass is 16.2. The average Bonchev–Trinajstić information content (AvgIpc) is 2.68. The van der Waals surface area contributed by atoms with Crippen molar-refractivity contribution in [2.45, 2.75) is 38.1 Å². The normalized spacial score (nSPS) is 25.0. The molecule has 3 rings (SSSR count). The lowest BCUT2D eigenvalue weighted by atomic mass is 9.72. The Morgan fingerprint density at radius 3 is 2.70 bits per heavy atom. The molecule has 2 fully saturated rings. The number of fused-ring (bicyclic) bond motifs is 1. The molecule has 1 saturated carbocycles. The van der Waals surface area contributed by atoms with Crippen LogP contribution in [-0.2, 0) is 11.2 Å². The number of nitrogens with zero attached hydrogens (tertiary/aromatic N) is 2. The van der Waals surface area contributed by atoms with Gasteiger partial charge in [-0.3, -0.25) is 15.0 Å². The molecular weight excluding hydrogens is 340 g/mol. The lowest BCUT2D eigenvalue weighted by molar-refractivity contribution is -0.133. The minimum absolute atomic E-state index is 0.0548. The number of amides is 2. The summed E-state index contributed by atoms with van der Waals surface area (Å²) < 4.78 is 0. The topological polar surface area (TPSA) is 64.7 Å². The SMILES string of the molecule is CN(C)CCN(C)C(=O)c1cccc(CC2NNC(=O)C3CCCCC23)c1. The molecule has 2 N–H and O–H groups in total. The number of carbonyl (C=O) groups excluding carboxylic acids is 2. The Balaban J connectivity index is 1.66. The van der Waals surface area contributed by atoms with Gasteiger partial charge in [0.05, 0.1) is 0 Å². The van der Waals surface area contributed by atoms with Crippen molar-refractivity contribution in [3.63, 3.8) is 0 Å². The number of nitrogens with one attached hydrogen (secondary N) is 2. The number of hydrazine groups is 1. The van der Waals surface area contributed by atoms with E-state index in [0.717, 1.165) is 43.4 Å². The van der Waals surface area contributed by atoms with Gasteiger partial charge in [-0.15, -0.1) is 0 Å². The van der Waals surface area contributed by atoms with E-state index in [-0.39, 0.29) is 23.8 Å². The number of hydrogen-bond donors (Lipinski definition) is 2. The maximum Gasteiger partial charge on any atom is 0.253 e. The van der Waals surface area contributed by atoms with E-state index >= 15 is 0 Å². The molecular formula is C21H32N4O2. The van der Waals surface area contributed by atoms with E-state index in [2.05, 4.69) is 21.8 Å². The predicted octanol–water partition coefficient (Wildman–Crippen LogP) is 1.67. The fraction of sp³-hybridized carbons (Fsp3) is 0.619. The van der Waals surface area contributed by atoms with Gasteiger partial charge in [-0.25, -0.2) is 5.43 Å². The van der Waals surface area contributed by atoms with Crippen LogP contribution in [0.15, 0.2) is 24.3 Å². The Morgan fingerprint density at radius 2 is 1.93 bits per heavy atom. The smallest absolute Gasteiger partial charge is 0.253 e. The van der Waals surface area contributed by atoms with E-state index in [1.165, 1.54) is 6.42 Å². The maximum atomic E-state index is 12.7. The summed E-state index contributed by atoms with van der Waals surface area (Å²) in [4.78, 5) is 28.7. The maximum absolute atomic E-state index is 12.7. The fourth-order valence-electron chi connectivity index (χ4n) is 4.29. The quantitative estimate of drug-likeness (QED) is 0.797. The van der Waals surface area contributed by atoms with Crippen molar-refractivity contribution in [1.29, 1.82) is 0 Å². The second-order valence-electron chi connectivity index (χ2n) is 8.23. The van der Waals surface area contributed by atoms with Gasteiger partial charge in [-0.1, -0.05) is 25.0 Å². The van der Waals surface area contributed by atoms with E-state index in [4.69, 9.17) is 0 Å². The van der Waals surface area contributed by atoms with E-state index in [9.17, 15) is 9.59 Å². The molecule has 3 unspecified atom stereocenters. The highest BCUT2D eigenvalue weighted by Crippen LogP contribution is 2.35. The van der Waals surface area contributed by atoms with Crippen molar-refractivity contribution in [3.8, 4) is 0 Å². The molecule has 1 heterocycles. The molecule has 6 heteroatoms. The van der Waals surface area contributed by atoms with Gasteiger partial charge in [0.25, 0.3) is 5.91 Å². The Bertz CT molecular complexity index is 676. The summed E-state index contributed by atoms with van der Waals surface area (Å²) in [6, 6.07) is 8.15. The molecule has 0 bridgehead atoms. The molecule has 1 aliphatic carbocycles. The third-order valence-electron chi connectivity index (χ3n) is 5.91. The molecule has 1 saturated heterocycles. The Hall–Kier alpha value is -1.92. The molecule has 2 amide bonds. The Kier molecular flexibility index (Phi) is 6.50. The number of likely N-dealkylation sites (N-methyl/N-ethyl adjacent to an activating group) is 2. The van der Waals surface area contributed by atoms with Crippen LogP contribution < -0.4 is 10.9 Å². The van der Waals surface area contributed by atoms with Crippen LogP contribution in [0.3, 0.4) is 0 Å². The van der Waals surface area contributed by atoms with Crippen LogP contribution >= 0.6 is 0 Å². The van der Waals surface area contributed by atoms with Gasteiger partial charge in [0.2, 0.25) is 5.91 Å². The molecule has 6 nitrogen and oxygen atoms in total. The number of benzene rings is 1. The molecule has 1 aromatic carbocycles. The average molecular weight is 373 g/mol. The van der Waals surface area contributed by atoms with Crippen molar-refractivity contribution in [3.05, 3.63) is 35.4 Å². The van der Waals surface area contributed by atoms with Crippen molar-refractivity contribution in [2.75, 3.05) is 34.2 Å². The van der Waals surface area contributed by atoms with Gasteiger partial charge in [0.15, 0.2) is 0 Å². The lowest BCUT2D eigenvalue weighted by Gasteiger charge is -2.41. The van der Waals surface area contributed by atoms with Crippen LogP contribution in [0, 0.1) is 11.8 Å². The predicted molar refractivity (Wildman–Crippen MR) is 106 cm³/mol. The van der Waals surface area contributed by atoms with Crippen LogP contribution in [-0.4, -0.2) is 61.9 Å².